The molecule has 0 atom stereocenters. The number of rotatable bonds is 8. The van der Waals surface area contributed by atoms with Gasteiger partial charge in [-0.15, -0.1) is 0 Å². The third-order valence-electron chi connectivity index (χ3n) is 2.66. The van der Waals surface area contributed by atoms with Gasteiger partial charge in [-0.2, -0.15) is 0 Å². The van der Waals surface area contributed by atoms with E-state index in [-0.39, 0.29) is 13.2 Å². The van der Waals surface area contributed by atoms with Gasteiger partial charge in [-0.3, -0.25) is 0 Å². The first kappa shape index (κ1) is 16.5. The fourth-order valence-corrected chi connectivity index (χ4v) is 2.25. The first-order valence-electron chi connectivity index (χ1n) is 6.16. The molecule has 106 valence electrons. The summed E-state index contributed by atoms with van der Waals surface area (Å²) >= 11 is 0. The third-order valence-corrected chi connectivity index (χ3v) is 2.66. The normalized spacial score (nSPS) is 11.3. The first-order chi connectivity index (χ1) is 8.31. The van der Waals surface area contributed by atoms with E-state index in [1.807, 2.05) is 6.92 Å². The Labute approximate surface area is 108 Å². The average molecular weight is 260 g/mol. The van der Waals surface area contributed by atoms with Crippen molar-refractivity contribution < 1.29 is 19.1 Å². The number of ether oxygens (including phenoxy) is 2. The SMILES string of the molecule is CCCC(COC(N)=O)(COC(N)=O)CC(C)C. The summed E-state index contributed by atoms with van der Waals surface area (Å²) in [6, 6.07) is 0. The Hall–Kier alpha value is -1.46. The molecule has 0 spiro atoms. The minimum absolute atomic E-state index is 0.141. The van der Waals surface area contributed by atoms with Crippen LogP contribution in [0.3, 0.4) is 0 Å². The topological polar surface area (TPSA) is 105 Å². The van der Waals surface area contributed by atoms with Gasteiger partial charge in [-0.1, -0.05) is 27.2 Å². The number of amides is 2. The van der Waals surface area contributed by atoms with E-state index in [1.165, 1.54) is 0 Å². The lowest BCUT2D eigenvalue weighted by Crippen LogP contribution is -2.37. The predicted molar refractivity (Wildman–Crippen MR) is 67.9 cm³/mol. The lowest BCUT2D eigenvalue weighted by molar-refractivity contribution is 0.0117. The summed E-state index contributed by atoms with van der Waals surface area (Å²) in [5.41, 5.74) is 9.57. The molecule has 0 radical (unpaired) electrons. The van der Waals surface area contributed by atoms with Gasteiger partial charge in [0.05, 0.1) is 0 Å². The molecule has 0 unspecified atom stereocenters. The van der Waals surface area contributed by atoms with Crippen LogP contribution in [0.4, 0.5) is 9.59 Å². The molecule has 6 heteroatoms. The maximum Gasteiger partial charge on any atom is 0.404 e. The van der Waals surface area contributed by atoms with E-state index in [4.69, 9.17) is 20.9 Å². The highest BCUT2D eigenvalue weighted by atomic mass is 16.6. The molecular formula is C12H24N2O4. The highest BCUT2D eigenvalue weighted by Crippen LogP contribution is 2.33. The van der Waals surface area contributed by atoms with E-state index >= 15 is 0 Å². The van der Waals surface area contributed by atoms with E-state index < -0.39 is 17.6 Å². The molecule has 0 aromatic rings. The van der Waals surface area contributed by atoms with Crippen molar-refractivity contribution in [2.45, 2.75) is 40.0 Å². The van der Waals surface area contributed by atoms with Crippen LogP contribution in [0, 0.1) is 11.3 Å². The van der Waals surface area contributed by atoms with Gasteiger partial charge < -0.3 is 20.9 Å². The van der Waals surface area contributed by atoms with Crippen LogP contribution in [0.1, 0.15) is 40.0 Å². The Kier molecular flexibility index (Phi) is 7.16. The smallest absolute Gasteiger partial charge is 0.404 e. The highest BCUT2D eigenvalue weighted by molar-refractivity contribution is 5.65. The summed E-state index contributed by atoms with van der Waals surface area (Å²) in [5, 5.41) is 0. The van der Waals surface area contributed by atoms with Crippen molar-refractivity contribution in [3.63, 3.8) is 0 Å². The molecule has 0 aliphatic heterocycles. The van der Waals surface area contributed by atoms with Gasteiger partial charge in [0.1, 0.15) is 13.2 Å². The third kappa shape index (κ3) is 6.98. The van der Waals surface area contributed by atoms with Crippen LogP contribution in [0.2, 0.25) is 0 Å². The zero-order valence-corrected chi connectivity index (χ0v) is 11.4. The molecule has 0 saturated carbocycles. The van der Waals surface area contributed by atoms with Crippen LogP contribution in [-0.2, 0) is 9.47 Å². The van der Waals surface area contributed by atoms with Crippen LogP contribution in [-0.4, -0.2) is 25.4 Å². The van der Waals surface area contributed by atoms with E-state index in [9.17, 15) is 9.59 Å². The molecule has 0 heterocycles. The molecule has 0 saturated heterocycles. The standard InChI is InChI=1S/C12H24N2O4/c1-4-5-12(6-9(2)3,7-17-10(13)15)8-18-11(14)16/h9H,4-8H2,1-3H3,(H2,13,15)(H2,14,16). The summed E-state index contributed by atoms with van der Waals surface area (Å²) in [5.74, 6) is 0.379. The van der Waals surface area contributed by atoms with Gasteiger partial charge in [-0.05, 0) is 18.8 Å². The second-order valence-corrected chi connectivity index (χ2v) is 5.06. The van der Waals surface area contributed by atoms with Crippen molar-refractivity contribution in [3.05, 3.63) is 0 Å². The minimum atomic E-state index is -0.821. The van der Waals surface area contributed by atoms with Crippen molar-refractivity contribution in [3.8, 4) is 0 Å². The zero-order chi connectivity index (χ0) is 14.2. The maximum absolute atomic E-state index is 10.7. The van der Waals surface area contributed by atoms with Crippen molar-refractivity contribution >= 4 is 12.2 Å². The second-order valence-electron chi connectivity index (χ2n) is 5.06. The molecule has 4 N–H and O–H groups in total. The number of primary amides is 2. The molecular weight excluding hydrogens is 236 g/mol. The highest BCUT2D eigenvalue weighted by Gasteiger charge is 2.33. The fraction of sp³-hybridized carbons (Fsp3) is 0.833. The molecule has 0 aliphatic carbocycles. The van der Waals surface area contributed by atoms with Gasteiger partial charge in [0.2, 0.25) is 0 Å². The van der Waals surface area contributed by atoms with Crippen LogP contribution in [0.25, 0.3) is 0 Å². The second kappa shape index (κ2) is 7.79. The number of nitrogens with two attached hydrogens (primary N) is 2. The summed E-state index contributed by atoms with van der Waals surface area (Å²) in [6.07, 6.45) is 0.779. The average Bonchev–Trinajstić information content (AvgIpc) is 2.23. The van der Waals surface area contributed by atoms with Gasteiger partial charge in [0, 0.05) is 5.41 Å². The maximum atomic E-state index is 10.7. The molecule has 2 amide bonds. The molecule has 18 heavy (non-hydrogen) atoms. The summed E-state index contributed by atoms with van der Waals surface area (Å²) < 4.78 is 9.80. The van der Waals surface area contributed by atoms with E-state index in [0.717, 1.165) is 19.3 Å². The van der Waals surface area contributed by atoms with Gasteiger partial charge in [0.15, 0.2) is 0 Å². The van der Waals surface area contributed by atoms with E-state index in [0.29, 0.717) is 5.92 Å². The van der Waals surface area contributed by atoms with Crippen molar-refractivity contribution in [1.29, 1.82) is 0 Å². The Morgan fingerprint density at radius 2 is 1.56 bits per heavy atom. The zero-order valence-electron chi connectivity index (χ0n) is 11.4. The summed E-state index contributed by atoms with van der Waals surface area (Å²) in [7, 11) is 0. The minimum Gasteiger partial charge on any atom is -0.449 e. The number of carbonyl (C=O) groups is 2. The largest absolute Gasteiger partial charge is 0.449 e. The van der Waals surface area contributed by atoms with Gasteiger partial charge in [0.25, 0.3) is 0 Å². The Bertz CT molecular complexity index is 261. The summed E-state index contributed by atoms with van der Waals surface area (Å²) in [6.45, 7) is 6.41. The number of carbonyl (C=O) groups excluding carboxylic acids is 2. The molecule has 6 nitrogen and oxygen atoms in total. The Balaban J connectivity index is 4.75. The molecule has 0 bridgehead atoms. The van der Waals surface area contributed by atoms with E-state index in [2.05, 4.69) is 13.8 Å². The quantitative estimate of drug-likeness (QED) is 0.696. The summed E-state index contributed by atoms with van der Waals surface area (Å²) in [4.78, 5) is 21.5. The first-order valence-corrected chi connectivity index (χ1v) is 6.16. The van der Waals surface area contributed by atoms with Crippen molar-refractivity contribution in [2.24, 2.45) is 22.8 Å². The number of hydrogen-bond acceptors (Lipinski definition) is 4. The lowest BCUT2D eigenvalue weighted by atomic mass is 9.78. The van der Waals surface area contributed by atoms with Gasteiger partial charge >= 0.3 is 12.2 Å². The van der Waals surface area contributed by atoms with Crippen LogP contribution >= 0.6 is 0 Å². The monoisotopic (exact) mass is 260 g/mol. The molecule has 0 aliphatic rings. The van der Waals surface area contributed by atoms with Gasteiger partial charge in [-0.25, -0.2) is 9.59 Å². The van der Waals surface area contributed by atoms with Crippen molar-refractivity contribution in [1.82, 2.24) is 0 Å². The number of hydrogen-bond donors (Lipinski definition) is 2. The Morgan fingerprint density at radius 1 is 1.11 bits per heavy atom. The lowest BCUT2D eigenvalue weighted by Gasteiger charge is -2.33. The predicted octanol–water partition coefficient (Wildman–Crippen LogP) is 2.01. The van der Waals surface area contributed by atoms with Crippen LogP contribution in [0.5, 0.6) is 0 Å². The molecule has 0 aromatic heterocycles. The van der Waals surface area contributed by atoms with Crippen LogP contribution in [0.15, 0.2) is 0 Å². The van der Waals surface area contributed by atoms with Crippen LogP contribution < -0.4 is 11.5 Å². The molecule has 0 aromatic carbocycles. The Morgan fingerprint density at radius 3 is 1.83 bits per heavy atom. The fourth-order valence-electron chi connectivity index (χ4n) is 2.25. The molecule has 0 fully saturated rings. The van der Waals surface area contributed by atoms with E-state index in [1.54, 1.807) is 0 Å². The molecule has 0 rings (SSSR count). The van der Waals surface area contributed by atoms with Crippen molar-refractivity contribution in [2.75, 3.05) is 13.2 Å².